The van der Waals surface area contributed by atoms with Gasteiger partial charge in [-0.25, -0.2) is 0 Å². The topological polar surface area (TPSA) is 68.2 Å². The van der Waals surface area contributed by atoms with Crippen molar-refractivity contribution in [3.63, 3.8) is 0 Å². The molecule has 4 rings (SSSR count). The Kier molecular flexibility index (Phi) is 7.13. The molecule has 0 saturated heterocycles. The summed E-state index contributed by atoms with van der Waals surface area (Å²) in [6.07, 6.45) is 0.851. The second kappa shape index (κ2) is 10.0. The summed E-state index contributed by atoms with van der Waals surface area (Å²) in [5, 5.41) is 15.4. The van der Waals surface area contributed by atoms with Crippen molar-refractivity contribution in [3.05, 3.63) is 92.9 Å². The molecule has 2 unspecified atom stereocenters. The molecule has 3 aromatic rings. The summed E-state index contributed by atoms with van der Waals surface area (Å²) >= 11 is 18.5. The first-order valence-corrected chi connectivity index (χ1v) is 11.7. The van der Waals surface area contributed by atoms with Crippen LogP contribution in [0.4, 0.5) is 11.4 Å². The Labute approximate surface area is 208 Å². The fourth-order valence-electron chi connectivity index (χ4n) is 3.95. The van der Waals surface area contributed by atoms with Crippen molar-refractivity contribution in [1.29, 1.82) is 5.41 Å². The summed E-state index contributed by atoms with van der Waals surface area (Å²) in [6.45, 7) is 2.52. The fraction of sp³-hybridized carbons (Fsp3) is 0.200. The molecule has 0 saturated carbocycles. The van der Waals surface area contributed by atoms with Crippen LogP contribution in [0.25, 0.3) is 0 Å². The van der Waals surface area contributed by atoms with E-state index in [9.17, 15) is 4.79 Å². The third kappa shape index (κ3) is 5.27. The van der Waals surface area contributed by atoms with Gasteiger partial charge in [-0.1, -0.05) is 72.1 Å². The van der Waals surface area contributed by atoms with E-state index < -0.39 is 17.9 Å². The van der Waals surface area contributed by atoms with Crippen molar-refractivity contribution >= 4 is 57.8 Å². The van der Waals surface area contributed by atoms with Crippen molar-refractivity contribution in [3.8, 4) is 0 Å². The normalized spacial score (nSPS) is 14.4. The second-order valence-electron chi connectivity index (χ2n) is 7.97. The van der Waals surface area contributed by atoms with E-state index in [-0.39, 0.29) is 5.71 Å². The summed E-state index contributed by atoms with van der Waals surface area (Å²) in [5.74, 6) is -0.919. The number of hydrogen-bond donors (Lipinski definition) is 3. The van der Waals surface area contributed by atoms with Gasteiger partial charge in [-0.05, 0) is 53.9 Å². The first-order chi connectivity index (χ1) is 15.8. The van der Waals surface area contributed by atoms with E-state index in [1.165, 1.54) is 5.56 Å². The number of carbonyl (C=O) groups excluding carboxylic acids is 1. The third-order valence-corrected chi connectivity index (χ3v) is 6.59. The van der Waals surface area contributed by atoms with Crippen LogP contribution in [0.1, 0.15) is 24.1 Å². The van der Waals surface area contributed by atoms with Gasteiger partial charge < -0.3 is 5.32 Å². The summed E-state index contributed by atoms with van der Waals surface area (Å²) in [6, 6.07) is 20.0. The van der Waals surface area contributed by atoms with Crippen LogP contribution < -0.4 is 15.8 Å². The number of para-hydroxylation sites is 1. The molecule has 170 valence electrons. The largest absolute Gasteiger partial charge is 0.376 e. The van der Waals surface area contributed by atoms with Gasteiger partial charge in [-0.3, -0.25) is 20.6 Å². The van der Waals surface area contributed by atoms with Gasteiger partial charge >= 0.3 is 0 Å². The summed E-state index contributed by atoms with van der Waals surface area (Å²) < 4.78 is 0. The van der Waals surface area contributed by atoms with Crippen molar-refractivity contribution in [2.45, 2.75) is 19.4 Å². The Balaban J connectivity index is 1.56. The summed E-state index contributed by atoms with van der Waals surface area (Å²) in [5.41, 5.74) is 6.53. The first-order valence-electron chi connectivity index (χ1n) is 10.6. The molecule has 0 bridgehead atoms. The van der Waals surface area contributed by atoms with E-state index in [0.717, 1.165) is 17.7 Å². The average molecular weight is 502 g/mol. The van der Waals surface area contributed by atoms with Crippen LogP contribution in [0.2, 0.25) is 15.1 Å². The molecule has 2 atom stereocenters. The van der Waals surface area contributed by atoms with Crippen molar-refractivity contribution in [2.75, 3.05) is 16.9 Å². The van der Waals surface area contributed by atoms with E-state index in [1.54, 1.807) is 35.3 Å². The number of halogens is 3. The molecular formula is C25H23Cl3N4O. The molecular weight excluding hydrogens is 479 g/mol. The molecule has 0 aliphatic carbocycles. The maximum Gasteiger partial charge on any atom is 0.283 e. The number of fused-ring (bicyclic) bond motifs is 1. The van der Waals surface area contributed by atoms with E-state index in [4.69, 9.17) is 40.2 Å². The van der Waals surface area contributed by atoms with Crippen LogP contribution >= 0.6 is 34.8 Å². The van der Waals surface area contributed by atoms with Gasteiger partial charge in [-0.2, -0.15) is 0 Å². The fourth-order valence-corrected chi connectivity index (χ4v) is 4.54. The van der Waals surface area contributed by atoms with Gasteiger partial charge in [0.1, 0.15) is 5.71 Å². The van der Waals surface area contributed by atoms with Gasteiger partial charge in [-0.15, -0.1) is 0 Å². The molecule has 3 aromatic carbocycles. The average Bonchev–Trinajstić information content (AvgIpc) is 3.21. The summed E-state index contributed by atoms with van der Waals surface area (Å²) in [4.78, 5) is 13.0. The smallest absolute Gasteiger partial charge is 0.283 e. The number of amides is 1. The number of hydrazine groups is 1. The van der Waals surface area contributed by atoms with Crippen LogP contribution in [0.5, 0.6) is 0 Å². The molecule has 8 heteroatoms. The number of hydrogen-bond acceptors (Lipinski definition) is 4. The molecule has 33 heavy (non-hydrogen) atoms. The maximum atomic E-state index is 13.0. The molecule has 0 aromatic heterocycles. The van der Waals surface area contributed by atoms with Crippen LogP contribution in [0, 0.1) is 11.3 Å². The minimum absolute atomic E-state index is 0.0445. The highest BCUT2D eigenvalue weighted by molar-refractivity contribution is 6.39. The minimum Gasteiger partial charge on any atom is -0.376 e. The molecule has 0 radical (unpaired) electrons. The Morgan fingerprint density at radius 2 is 1.70 bits per heavy atom. The number of rotatable bonds is 7. The van der Waals surface area contributed by atoms with Crippen LogP contribution in [-0.2, 0) is 11.2 Å². The maximum absolute atomic E-state index is 13.0. The van der Waals surface area contributed by atoms with Crippen molar-refractivity contribution in [2.24, 2.45) is 5.92 Å². The van der Waals surface area contributed by atoms with E-state index in [0.29, 0.717) is 27.3 Å². The number of nitrogens with zero attached hydrogens (tertiary/aromatic N) is 1. The SMILES string of the molecule is CC(C(=N)C(=O)NN1CCc2ccccc21)C(Nc1ccc(Cl)cc1Cl)c1ccc(Cl)cc1. The zero-order chi connectivity index (χ0) is 23.5. The molecule has 0 fully saturated rings. The lowest BCUT2D eigenvalue weighted by atomic mass is 9.90. The van der Waals surface area contributed by atoms with Crippen LogP contribution in [0.3, 0.4) is 0 Å². The van der Waals surface area contributed by atoms with E-state index in [1.807, 2.05) is 43.3 Å². The number of benzene rings is 3. The van der Waals surface area contributed by atoms with E-state index in [2.05, 4.69) is 10.7 Å². The lowest BCUT2D eigenvalue weighted by Crippen LogP contribution is -2.47. The highest BCUT2D eigenvalue weighted by Gasteiger charge is 2.29. The van der Waals surface area contributed by atoms with E-state index >= 15 is 0 Å². The molecule has 5 nitrogen and oxygen atoms in total. The first kappa shape index (κ1) is 23.4. The predicted molar refractivity (Wildman–Crippen MR) is 137 cm³/mol. The quantitative estimate of drug-likeness (QED) is 0.322. The van der Waals surface area contributed by atoms with Crippen molar-refractivity contribution < 1.29 is 4.79 Å². The number of nitrogens with one attached hydrogen (secondary N) is 3. The molecule has 1 amide bonds. The molecule has 0 spiro atoms. The Hall–Kier alpha value is -2.73. The zero-order valence-corrected chi connectivity index (χ0v) is 20.2. The number of anilines is 2. The highest BCUT2D eigenvalue weighted by atomic mass is 35.5. The van der Waals surface area contributed by atoms with Gasteiger partial charge in [0, 0.05) is 22.5 Å². The predicted octanol–water partition coefficient (Wildman–Crippen LogP) is 6.55. The molecule has 1 aliphatic rings. The lowest BCUT2D eigenvalue weighted by Gasteiger charge is -2.28. The van der Waals surface area contributed by atoms with Gasteiger partial charge in [0.25, 0.3) is 5.91 Å². The zero-order valence-electron chi connectivity index (χ0n) is 17.9. The van der Waals surface area contributed by atoms with Crippen LogP contribution in [0.15, 0.2) is 66.7 Å². The van der Waals surface area contributed by atoms with Gasteiger partial charge in [0.15, 0.2) is 0 Å². The molecule has 1 heterocycles. The standard InChI is InChI=1S/C25H23Cl3N4O/c1-15(23(29)25(33)31-32-13-12-16-4-2-3-5-22(16)32)24(17-6-8-18(26)9-7-17)30-21-11-10-19(27)14-20(21)28/h2-11,14-15,24,29-30H,12-13H2,1H3,(H,31,33). The van der Waals surface area contributed by atoms with Crippen molar-refractivity contribution in [1.82, 2.24) is 5.43 Å². The monoisotopic (exact) mass is 500 g/mol. The number of carbonyl (C=O) groups is 1. The Bertz CT molecular complexity index is 1180. The van der Waals surface area contributed by atoms with Gasteiger partial charge in [0.05, 0.1) is 22.4 Å². The second-order valence-corrected chi connectivity index (χ2v) is 9.25. The van der Waals surface area contributed by atoms with Crippen LogP contribution in [-0.4, -0.2) is 18.2 Å². The highest BCUT2D eigenvalue weighted by Crippen LogP contribution is 2.33. The summed E-state index contributed by atoms with van der Waals surface area (Å²) in [7, 11) is 0. The Morgan fingerprint density at radius 1 is 1.00 bits per heavy atom. The Morgan fingerprint density at radius 3 is 2.42 bits per heavy atom. The molecule has 1 aliphatic heterocycles. The molecule has 3 N–H and O–H groups in total. The lowest BCUT2D eigenvalue weighted by molar-refractivity contribution is -0.115. The third-order valence-electron chi connectivity index (χ3n) is 5.79. The van der Waals surface area contributed by atoms with Gasteiger partial charge in [0.2, 0.25) is 0 Å². The minimum atomic E-state index is -0.476.